The average Bonchev–Trinajstić information content (AvgIpc) is 2.21. The lowest BCUT2D eigenvalue weighted by atomic mass is 10.0. The van der Waals surface area contributed by atoms with Crippen LogP contribution in [0.2, 0.25) is 0 Å². The van der Waals surface area contributed by atoms with Gasteiger partial charge in [-0.3, -0.25) is 0 Å². The number of methoxy groups -OCH3 is 1. The Morgan fingerprint density at radius 1 is 1.53 bits per heavy atom. The molecule has 0 spiro atoms. The highest BCUT2D eigenvalue weighted by molar-refractivity contribution is 5.69. The van der Waals surface area contributed by atoms with Gasteiger partial charge in [-0.2, -0.15) is 0 Å². The van der Waals surface area contributed by atoms with E-state index in [9.17, 15) is 4.39 Å². The van der Waals surface area contributed by atoms with Crippen LogP contribution in [0.15, 0.2) is 18.7 Å². The molecule has 3 heteroatoms. The molecule has 0 aliphatic heterocycles. The predicted molar refractivity (Wildman–Crippen MR) is 60.4 cm³/mol. The van der Waals surface area contributed by atoms with Crippen molar-refractivity contribution in [2.45, 2.75) is 13.3 Å². The molecule has 1 aromatic rings. The van der Waals surface area contributed by atoms with Gasteiger partial charge in [-0.15, -0.1) is 0 Å². The fourth-order valence-corrected chi connectivity index (χ4v) is 1.41. The summed E-state index contributed by atoms with van der Waals surface area (Å²) in [5, 5.41) is 0. The van der Waals surface area contributed by atoms with Crippen LogP contribution < -0.4 is 10.5 Å². The maximum absolute atomic E-state index is 13.4. The number of hydrogen-bond acceptors (Lipinski definition) is 2. The molecule has 1 rings (SSSR count). The first-order chi connectivity index (χ1) is 7.10. The van der Waals surface area contributed by atoms with Gasteiger partial charge in [0, 0.05) is 5.56 Å². The van der Waals surface area contributed by atoms with Crippen LogP contribution in [0.3, 0.4) is 0 Å². The highest BCUT2D eigenvalue weighted by Crippen LogP contribution is 2.29. The molecule has 0 atom stereocenters. The number of ether oxygens (including phenoxy) is 1. The van der Waals surface area contributed by atoms with Gasteiger partial charge in [0.1, 0.15) is 11.6 Å². The van der Waals surface area contributed by atoms with E-state index in [1.165, 1.54) is 6.07 Å². The molecule has 0 aliphatic carbocycles. The maximum atomic E-state index is 13.4. The largest absolute Gasteiger partial charge is 0.496 e. The molecule has 0 radical (unpaired) electrons. The standard InChI is InChI=1S/C12H16FNO/c1-8(4-5-14)10-7-11(13)9(2)6-12(10)15-3/h6-7H,1,4-5,14H2,2-3H3. The van der Waals surface area contributed by atoms with Gasteiger partial charge in [-0.05, 0) is 43.2 Å². The Kier molecular flexibility index (Phi) is 3.86. The zero-order valence-electron chi connectivity index (χ0n) is 9.14. The van der Waals surface area contributed by atoms with E-state index in [1.54, 1.807) is 20.1 Å². The van der Waals surface area contributed by atoms with Crippen LogP contribution >= 0.6 is 0 Å². The monoisotopic (exact) mass is 209 g/mol. The Hall–Kier alpha value is -1.35. The van der Waals surface area contributed by atoms with Crippen LogP contribution in [0.4, 0.5) is 4.39 Å². The quantitative estimate of drug-likeness (QED) is 0.827. The van der Waals surface area contributed by atoms with E-state index in [-0.39, 0.29) is 5.82 Å². The van der Waals surface area contributed by atoms with Crippen LogP contribution in [-0.4, -0.2) is 13.7 Å². The number of hydrogen-bond donors (Lipinski definition) is 1. The normalized spacial score (nSPS) is 10.1. The first-order valence-electron chi connectivity index (χ1n) is 4.82. The van der Waals surface area contributed by atoms with E-state index >= 15 is 0 Å². The van der Waals surface area contributed by atoms with E-state index in [0.717, 1.165) is 5.57 Å². The summed E-state index contributed by atoms with van der Waals surface area (Å²) in [5.41, 5.74) is 7.50. The van der Waals surface area contributed by atoms with Gasteiger partial charge in [0.2, 0.25) is 0 Å². The van der Waals surface area contributed by atoms with Gasteiger partial charge in [0.25, 0.3) is 0 Å². The summed E-state index contributed by atoms with van der Waals surface area (Å²) in [4.78, 5) is 0. The van der Waals surface area contributed by atoms with Crippen molar-refractivity contribution in [3.8, 4) is 5.75 Å². The first-order valence-corrected chi connectivity index (χ1v) is 4.82. The summed E-state index contributed by atoms with van der Waals surface area (Å²) in [7, 11) is 1.56. The lowest BCUT2D eigenvalue weighted by Crippen LogP contribution is -2.01. The molecular formula is C12H16FNO. The maximum Gasteiger partial charge on any atom is 0.126 e. The number of rotatable bonds is 4. The minimum Gasteiger partial charge on any atom is -0.496 e. The summed E-state index contributed by atoms with van der Waals surface area (Å²) < 4.78 is 18.5. The summed E-state index contributed by atoms with van der Waals surface area (Å²) >= 11 is 0. The van der Waals surface area contributed by atoms with Gasteiger partial charge in [0.05, 0.1) is 7.11 Å². The number of halogens is 1. The SMILES string of the molecule is C=C(CCN)c1cc(F)c(C)cc1OC. The third-order valence-corrected chi connectivity index (χ3v) is 2.31. The Morgan fingerprint density at radius 2 is 2.20 bits per heavy atom. The van der Waals surface area contributed by atoms with Crippen molar-refractivity contribution in [1.82, 2.24) is 0 Å². The number of nitrogens with two attached hydrogens (primary N) is 1. The lowest BCUT2D eigenvalue weighted by molar-refractivity contribution is 0.411. The third kappa shape index (κ3) is 2.57. The van der Waals surface area contributed by atoms with E-state index in [0.29, 0.717) is 29.8 Å². The van der Waals surface area contributed by atoms with Crippen LogP contribution in [0, 0.1) is 12.7 Å². The topological polar surface area (TPSA) is 35.2 Å². The Bertz CT molecular complexity index is 374. The van der Waals surface area contributed by atoms with Crippen molar-refractivity contribution in [2.75, 3.05) is 13.7 Å². The molecule has 0 aliphatic rings. The summed E-state index contributed by atoms with van der Waals surface area (Å²) in [6.45, 7) is 6.07. The van der Waals surface area contributed by atoms with Gasteiger partial charge in [-0.1, -0.05) is 6.58 Å². The molecular weight excluding hydrogens is 193 g/mol. The van der Waals surface area contributed by atoms with Crippen molar-refractivity contribution >= 4 is 5.57 Å². The van der Waals surface area contributed by atoms with Gasteiger partial charge < -0.3 is 10.5 Å². The minimum atomic E-state index is -0.246. The molecule has 15 heavy (non-hydrogen) atoms. The molecule has 0 heterocycles. The lowest BCUT2D eigenvalue weighted by Gasteiger charge is -2.12. The summed E-state index contributed by atoms with van der Waals surface area (Å²) in [6, 6.07) is 3.12. The van der Waals surface area contributed by atoms with E-state index in [4.69, 9.17) is 10.5 Å². The molecule has 2 nitrogen and oxygen atoms in total. The van der Waals surface area contributed by atoms with Crippen LogP contribution in [-0.2, 0) is 0 Å². The van der Waals surface area contributed by atoms with Crippen LogP contribution in [0.25, 0.3) is 5.57 Å². The second-order valence-corrected chi connectivity index (χ2v) is 3.44. The van der Waals surface area contributed by atoms with E-state index in [1.807, 2.05) is 0 Å². The Labute approximate surface area is 89.6 Å². The second-order valence-electron chi connectivity index (χ2n) is 3.44. The highest BCUT2D eigenvalue weighted by atomic mass is 19.1. The van der Waals surface area contributed by atoms with Crippen molar-refractivity contribution < 1.29 is 9.13 Å². The van der Waals surface area contributed by atoms with Crippen molar-refractivity contribution in [3.63, 3.8) is 0 Å². The second kappa shape index (κ2) is 4.94. The molecule has 0 unspecified atom stereocenters. The third-order valence-electron chi connectivity index (χ3n) is 2.31. The molecule has 0 fully saturated rings. The fourth-order valence-electron chi connectivity index (χ4n) is 1.41. The predicted octanol–water partition coefficient (Wildman–Crippen LogP) is 2.50. The molecule has 0 bridgehead atoms. The summed E-state index contributed by atoms with van der Waals surface area (Å²) in [5.74, 6) is 0.399. The van der Waals surface area contributed by atoms with Crippen molar-refractivity contribution in [3.05, 3.63) is 35.7 Å². The Balaban J connectivity index is 3.15. The van der Waals surface area contributed by atoms with Crippen molar-refractivity contribution in [1.29, 1.82) is 0 Å². The highest BCUT2D eigenvalue weighted by Gasteiger charge is 2.10. The van der Waals surface area contributed by atoms with Gasteiger partial charge >= 0.3 is 0 Å². The molecule has 2 N–H and O–H groups in total. The molecule has 0 amide bonds. The van der Waals surface area contributed by atoms with Gasteiger partial charge in [-0.25, -0.2) is 4.39 Å². The van der Waals surface area contributed by atoms with Crippen molar-refractivity contribution in [2.24, 2.45) is 5.73 Å². The first kappa shape index (κ1) is 11.7. The molecule has 0 saturated carbocycles. The molecule has 0 aromatic heterocycles. The number of benzene rings is 1. The molecule has 0 saturated heterocycles. The average molecular weight is 209 g/mol. The van der Waals surface area contributed by atoms with E-state index in [2.05, 4.69) is 6.58 Å². The summed E-state index contributed by atoms with van der Waals surface area (Å²) in [6.07, 6.45) is 0.638. The van der Waals surface area contributed by atoms with Gasteiger partial charge in [0.15, 0.2) is 0 Å². The van der Waals surface area contributed by atoms with Crippen LogP contribution in [0.5, 0.6) is 5.75 Å². The molecule has 82 valence electrons. The minimum absolute atomic E-state index is 0.246. The smallest absolute Gasteiger partial charge is 0.126 e. The Morgan fingerprint density at radius 3 is 2.73 bits per heavy atom. The fraction of sp³-hybridized carbons (Fsp3) is 0.333. The number of aryl methyl sites for hydroxylation is 1. The van der Waals surface area contributed by atoms with Crippen LogP contribution in [0.1, 0.15) is 17.5 Å². The van der Waals surface area contributed by atoms with E-state index < -0.39 is 0 Å². The molecule has 1 aromatic carbocycles. The zero-order chi connectivity index (χ0) is 11.4. The zero-order valence-corrected chi connectivity index (χ0v) is 9.14.